The van der Waals surface area contributed by atoms with Gasteiger partial charge in [0.25, 0.3) is 17.7 Å². The maximum absolute atomic E-state index is 13.3. The van der Waals surface area contributed by atoms with Gasteiger partial charge in [-0.25, -0.2) is 4.90 Å². The Morgan fingerprint density at radius 1 is 0.564 bits per heavy atom. The molecule has 0 radical (unpaired) electrons. The standard InChI is InChI=1S/C31H27N3O5.C31H30N2O6/c1-19-15-27(35)34(31(19)39)26-16-25(28(36)24-14-8-7-13-23(24)26)30(38)33-18-22-12-6-5-11-21(22)17-32-29(37)20-9-3-2-4-10-20;1-20(34)32-16-14-22-6-2-3-7-23(22)15-17-33-31(38)27-19-28(25-8-4-5-9-26(25)30(27)37)39-24-12-10-21(11-13-24)18-29(35)36/h2-14,16,19,36H,15,17-18H2,1H3,(H,32,37)(H,33,38);2-13,19,37H,14-18H2,1H3,(H,32,34)(H,33,38)(H,35,36). The molecule has 0 aliphatic carbocycles. The number of carbonyl (C=O) groups excluding carboxylic acids is 6. The molecule has 1 atom stereocenters. The number of ether oxygens (including phenoxy) is 1. The Balaban J connectivity index is 0.000000206. The van der Waals surface area contributed by atoms with Crippen molar-refractivity contribution in [2.45, 2.75) is 52.6 Å². The number of amides is 6. The molecule has 7 N–H and O–H groups in total. The van der Waals surface area contributed by atoms with Crippen molar-refractivity contribution >= 4 is 68.6 Å². The summed E-state index contributed by atoms with van der Waals surface area (Å²) in [6.07, 6.45) is 1.27. The molecule has 1 aliphatic heterocycles. The minimum Gasteiger partial charge on any atom is -0.506 e. The number of rotatable bonds is 18. The highest BCUT2D eigenvalue weighted by atomic mass is 16.5. The fourth-order valence-electron chi connectivity index (χ4n) is 9.16. The van der Waals surface area contributed by atoms with Gasteiger partial charge in [-0.05, 0) is 77.1 Å². The number of phenolic OH excluding ortho intramolecular Hbond substituents is 2. The molecule has 1 saturated heterocycles. The molecule has 1 heterocycles. The Hall–Kier alpha value is -9.83. The number of carbonyl (C=O) groups is 7. The van der Waals surface area contributed by atoms with E-state index in [2.05, 4.69) is 21.3 Å². The van der Waals surface area contributed by atoms with Gasteiger partial charge in [-0.3, -0.25) is 33.6 Å². The van der Waals surface area contributed by atoms with Gasteiger partial charge in [-0.15, -0.1) is 0 Å². The monoisotopic (exact) mass is 1050 g/mol. The Morgan fingerprint density at radius 3 is 1.62 bits per heavy atom. The minimum atomic E-state index is -0.919. The maximum atomic E-state index is 13.3. The molecule has 6 amide bonds. The first-order chi connectivity index (χ1) is 37.7. The van der Waals surface area contributed by atoms with Crippen LogP contribution in [0.4, 0.5) is 5.69 Å². The van der Waals surface area contributed by atoms with Crippen LogP contribution in [0.25, 0.3) is 21.5 Å². The number of imide groups is 1. The van der Waals surface area contributed by atoms with Crippen LogP contribution in [-0.2, 0) is 51.5 Å². The molecule has 9 rings (SSSR count). The van der Waals surface area contributed by atoms with Crippen LogP contribution in [0.2, 0.25) is 0 Å². The van der Waals surface area contributed by atoms with Gasteiger partial charge >= 0.3 is 5.97 Å². The summed E-state index contributed by atoms with van der Waals surface area (Å²) < 4.78 is 6.07. The average Bonchev–Trinajstić information content (AvgIpc) is 3.76. The highest BCUT2D eigenvalue weighted by molar-refractivity contribution is 6.25. The van der Waals surface area contributed by atoms with E-state index in [1.165, 1.54) is 19.1 Å². The quantitative estimate of drug-likeness (QED) is 0.0400. The molecule has 78 heavy (non-hydrogen) atoms. The number of carboxylic acids is 1. The van der Waals surface area contributed by atoms with Gasteiger partial charge in [-0.2, -0.15) is 0 Å². The van der Waals surface area contributed by atoms with Crippen molar-refractivity contribution in [1.29, 1.82) is 0 Å². The molecular weight excluding hydrogens is 991 g/mol. The molecule has 1 aliphatic rings. The van der Waals surface area contributed by atoms with E-state index in [4.69, 9.17) is 9.84 Å². The molecule has 0 aromatic heterocycles. The molecule has 0 bridgehead atoms. The Labute approximate surface area is 449 Å². The SMILES string of the molecule is CC(=O)NCCc1ccccc1CCNC(=O)c1cc(Oc2ccc(CC(=O)O)cc2)c2ccccc2c1O.CC1CC(=O)N(c2cc(C(=O)NCc3ccccc3CNC(=O)c3ccccc3)c(O)c3ccccc23)C1=O. The van der Waals surface area contributed by atoms with Crippen molar-refractivity contribution in [3.05, 3.63) is 208 Å². The van der Waals surface area contributed by atoms with E-state index in [-0.39, 0.29) is 77.9 Å². The summed E-state index contributed by atoms with van der Waals surface area (Å²) in [6.45, 7) is 4.46. The number of aliphatic carboxylic acids is 1. The van der Waals surface area contributed by atoms with Crippen molar-refractivity contribution in [2.75, 3.05) is 18.0 Å². The molecular formula is C62H57N5O11. The van der Waals surface area contributed by atoms with E-state index in [1.54, 1.807) is 97.9 Å². The van der Waals surface area contributed by atoms with Crippen LogP contribution in [0.15, 0.2) is 164 Å². The van der Waals surface area contributed by atoms with Crippen LogP contribution in [0.5, 0.6) is 23.0 Å². The number of anilines is 1. The fraction of sp³-hybridized carbons (Fsp3) is 0.177. The van der Waals surface area contributed by atoms with Crippen LogP contribution in [0.1, 0.15) is 79.2 Å². The second-order valence-corrected chi connectivity index (χ2v) is 18.7. The molecule has 8 aromatic rings. The summed E-state index contributed by atoms with van der Waals surface area (Å²) in [5.74, 6) is -2.84. The van der Waals surface area contributed by atoms with Gasteiger partial charge in [0.05, 0.1) is 23.2 Å². The lowest BCUT2D eigenvalue weighted by Gasteiger charge is -2.20. The number of nitrogens with zero attached hydrogens (tertiary/aromatic N) is 1. The van der Waals surface area contributed by atoms with Gasteiger partial charge in [0.2, 0.25) is 17.7 Å². The zero-order valence-corrected chi connectivity index (χ0v) is 42.9. The summed E-state index contributed by atoms with van der Waals surface area (Å²) in [5.41, 5.74) is 5.30. The van der Waals surface area contributed by atoms with Gasteiger partial charge in [0.15, 0.2) is 0 Å². The van der Waals surface area contributed by atoms with Crippen LogP contribution >= 0.6 is 0 Å². The highest BCUT2D eigenvalue weighted by Crippen LogP contribution is 2.40. The second-order valence-electron chi connectivity index (χ2n) is 18.7. The topological polar surface area (TPSA) is 241 Å². The van der Waals surface area contributed by atoms with Crippen molar-refractivity contribution in [3.8, 4) is 23.0 Å². The van der Waals surface area contributed by atoms with Crippen LogP contribution < -0.4 is 30.9 Å². The third-order valence-electron chi connectivity index (χ3n) is 13.2. The minimum absolute atomic E-state index is 0.0429. The van der Waals surface area contributed by atoms with Crippen molar-refractivity contribution in [2.24, 2.45) is 5.92 Å². The van der Waals surface area contributed by atoms with Crippen LogP contribution in [-0.4, -0.2) is 69.8 Å². The first kappa shape index (κ1) is 54.4. The highest BCUT2D eigenvalue weighted by Gasteiger charge is 2.38. The first-order valence-corrected chi connectivity index (χ1v) is 25.3. The number of benzene rings is 8. The number of nitrogens with one attached hydrogen (secondary N) is 4. The summed E-state index contributed by atoms with van der Waals surface area (Å²) in [7, 11) is 0. The number of fused-ring (bicyclic) bond motifs is 2. The summed E-state index contributed by atoms with van der Waals surface area (Å²) >= 11 is 0. The number of aromatic hydroxyl groups is 2. The average molecular weight is 1050 g/mol. The molecule has 0 saturated carbocycles. The Morgan fingerprint density at radius 2 is 1.05 bits per heavy atom. The van der Waals surface area contributed by atoms with Gasteiger partial charge in [0.1, 0.15) is 23.0 Å². The smallest absolute Gasteiger partial charge is 0.307 e. The van der Waals surface area contributed by atoms with E-state index in [1.807, 2.05) is 60.7 Å². The van der Waals surface area contributed by atoms with Gasteiger partial charge < -0.3 is 41.3 Å². The number of carboxylic acid groups (broad SMARTS) is 1. The normalized spacial score (nSPS) is 12.8. The maximum Gasteiger partial charge on any atom is 0.307 e. The molecule has 8 aromatic carbocycles. The van der Waals surface area contributed by atoms with Crippen molar-refractivity contribution < 1.29 is 53.6 Å². The lowest BCUT2D eigenvalue weighted by atomic mass is 10.0. The fourth-order valence-corrected chi connectivity index (χ4v) is 9.16. The van der Waals surface area contributed by atoms with E-state index < -0.39 is 23.7 Å². The zero-order chi connectivity index (χ0) is 55.3. The molecule has 16 nitrogen and oxygen atoms in total. The Bertz CT molecular complexity index is 3560. The van der Waals surface area contributed by atoms with Crippen molar-refractivity contribution in [3.63, 3.8) is 0 Å². The summed E-state index contributed by atoms with van der Waals surface area (Å²) in [6, 6.07) is 47.7. The van der Waals surface area contributed by atoms with Crippen molar-refractivity contribution in [1.82, 2.24) is 21.3 Å². The molecule has 1 fully saturated rings. The first-order valence-electron chi connectivity index (χ1n) is 25.3. The molecule has 396 valence electrons. The second kappa shape index (κ2) is 25.1. The predicted octanol–water partition coefficient (Wildman–Crippen LogP) is 8.92. The van der Waals surface area contributed by atoms with E-state index in [0.717, 1.165) is 27.2 Å². The molecule has 1 unspecified atom stereocenters. The molecule has 16 heteroatoms. The number of hydrogen-bond donors (Lipinski definition) is 7. The van der Waals surface area contributed by atoms with E-state index in [9.17, 15) is 43.8 Å². The largest absolute Gasteiger partial charge is 0.506 e. The number of hydrogen-bond acceptors (Lipinski definition) is 10. The zero-order valence-electron chi connectivity index (χ0n) is 42.9. The van der Waals surface area contributed by atoms with E-state index in [0.29, 0.717) is 70.1 Å². The lowest BCUT2D eigenvalue weighted by molar-refractivity contribution is -0.136. The van der Waals surface area contributed by atoms with Gasteiger partial charge in [-0.1, -0.05) is 134 Å². The van der Waals surface area contributed by atoms with Crippen LogP contribution in [0, 0.1) is 5.92 Å². The predicted molar refractivity (Wildman–Crippen MR) is 295 cm³/mol. The van der Waals surface area contributed by atoms with Gasteiger partial charge in [0, 0.05) is 72.5 Å². The Kier molecular flexibility index (Phi) is 17.5. The van der Waals surface area contributed by atoms with E-state index >= 15 is 0 Å². The summed E-state index contributed by atoms with van der Waals surface area (Å²) in [5, 5.41) is 44.3. The lowest BCUT2D eigenvalue weighted by Crippen LogP contribution is -2.31. The molecule has 0 spiro atoms. The summed E-state index contributed by atoms with van der Waals surface area (Å²) in [4.78, 5) is 87.6. The third-order valence-corrected chi connectivity index (χ3v) is 13.2. The third kappa shape index (κ3) is 13.2. The van der Waals surface area contributed by atoms with Crippen LogP contribution in [0.3, 0.4) is 0 Å². The number of phenols is 2.